The minimum absolute atomic E-state index is 0.436. The highest BCUT2D eigenvalue weighted by molar-refractivity contribution is 5.49. The van der Waals surface area contributed by atoms with E-state index in [0.29, 0.717) is 13.0 Å². The second-order valence-electron chi connectivity index (χ2n) is 1.70. The zero-order valence-electron chi connectivity index (χ0n) is 6.17. The topological polar surface area (TPSA) is 26.3 Å². The summed E-state index contributed by atoms with van der Waals surface area (Å²) in [7, 11) is 0. The van der Waals surface area contributed by atoms with Gasteiger partial charge in [0.2, 0.25) is 0 Å². The number of aldehydes is 1. The van der Waals surface area contributed by atoms with Crippen molar-refractivity contribution in [2.75, 3.05) is 6.61 Å². The van der Waals surface area contributed by atoms with Crippen LogP contribution in [-0.4, -0.2) is 12.9 Å². The summed E-state index contributed by atoms with van der Waals surface area (Å²) in [5.41, 5.74) is 0. The summed E-state index contributed by atoms with van der Waals surface area (Å²) in [5, 5.41) is 0. The summed E-state index contributed by atoms with van der Waals surface area (Å²) < 4.78 is 5.09. The van der Waals surface area contributed by atoms with E-state index in [1.54, 1.807) is 12.2 Å². The highest BCUT2D eigenvalue weighted by Gasteiger charge is 1.87. The van der Waals surface area contributed by atoms with Crippen LogP contribution >= 0.6 is 0 Å². The van der Waals surface area contributed by atoms with E-state index >= 15 is 0 Å². The van der Waals surface area contributed by atoms with Gasteiger partial charge in [-0.25, -0.2) is 0 Å². The van der Waals surface area contributed by atoms with Crippen LogP contribution in [0.15, 0.2) is 24.5 Å². The van der Waals surface area contributed by atoms with E-state index < -0.39 is 0 Å². The molecule has 2 heteroatoms. The lowest BCUT2D eigenvalue weighted by molar-refractivity contribution is -0.108. The normalized spacial score (nSPS) is 10.7. The van der Waals surface area contributed by atoms with Gasteiger partial charge >= 0.3 is 0 Å². The van der Waals surface area contributed by atoms with Crippen LogP contribution in [0.3, 0.4) is 0 Å². The third-order valence-electron chi connectivity index (χ3n) is 0.990. The molecular formula is C8H12O2. The number of hydrogen-bond donors (Lipinski definition) is 0. The Balaban J connectivity index is 3.45. The molecule has 0 saturated carbocycles. The molecule has 0 aliphatic rings. The van der Waals surface area contributed by atoms with E-state index in [1.807, 2.05) is 6.92 Å². The molecule has 0 fully saturated rings. The number of carbonyl (C=O) groups excluding carboxylic acids is 1. The van der Waals surface area contributed by atoms with Crippen LogP contribution in [0.1, 0.15) is 13.3 Å². The van der Waals surface area contributed by atoms with E-state index in [0.717, 1.165) is 12.0 Å². The van der Waals surface area contributed by atoms with Gasteiger partial charge in [0.25, 0.3) is 0 Å². The van der Waals surface area contributed by atoms with Gasteiger partial charge in [0.1, 0.15) is 12.0 Å². The Labute approximate surface area is 61.2 Å². The van der Waals surface area contributed by atoms with Crippen molar-refractivity contribution in [1.82, 2.24) is 0 Å². The van der Waals surface area contributed by atoms with Gasteiger partial charge in [-0.1, -0.05) is 6.58 Å². The predicted molar refractivity (Wildman–Crippen MR) is 40.6 cm³/mol. The van der Waals surface area contributed by atoms with Crippen molar-refractivity contribution in [1.29, 1.82) is 0 Å². The molecular weight excluding hydrogens is 128 g/mol. The molecule has 0 atom stereocenters. The predicted octanol–water partition coefficient (Wildman–Crippen LogP) is 1.68. The van der Waals surface area contributed by atoms with Crippen LogP contribution in [-0.2, 0) is 9.53 Å². The van der Waals surface area contributed by atoms with Crippen molar-refractivity contribution in [3.63, 3.8) is 0 Å². The van der Waals surface area contributed by atoms with Crippen molar-refractivity contribution in [2.24, 2.45) is 0 Å². The van der Waals surface area contributed by atoms with E-state index in [4.69, 9.17) is 4.74 Å². The first-order valence-electron chi connectivity index (χ1n) is 3.20. The first-order chi connectivity index (χ1) is 4.85. The van der Waals surface area contributed by atoms with Crippen LogP contribution in [0.5, 0.6) is 0 Å². The molecule has 2 nitrogen and oxygen atoms in total. The average molecular weight is 140 g/mol. The molecule has 0 N–H and O–H groups in total. The van der Waals surface area contributed by atoms with Gasteiger partial charge in [-0.3, -0.25) is 0 Å². The largest absolute Gasteiger partial charge is 0.494 e. The van der Waals surface area contributed by atoms with E-state index in [1.165, 1.54) is 0 Å². The minimum Gasteiger partial charge on any atom is -0.494 e. The molecule has 0 aromatic heterocycles. The number of carbonyl (C=O) groups is 1. The van der Waals surface area contributed by atoms with Gasteiger partial charge in [0, 0.05) is 6.42 Å². The molecule has 0 heterocycles. The molecule has 56 valence electrons. The lowest BCUT2D eigenvalue weighted by Gasteiger charge is -2.01. The van der Waals surface area contributed by atoms with Crippen LogP contribution in [0.2, 0.25) is 0 Å². The number of allylic oxidation sites excluding steroid dienone is 2. The van der Waals surface area contributed by atoms with Gasteiger partial charge in [0.05, 0.1) is 6.61 Å². The molecule has 0 aliphatic carbocycles. The van der Waals surface area contributed by atoms with Crippen LogP contribution in [0.4, 0.5) is 0 Å². The third-order valence-corrected chi connectivity index (χ3v) is 0.990. The molecule has 0 aromatic rings. The monoisotopic (exact) mass is 140 g/mol. The van der Waals surface area contributed by atoms with Crippen molar-refractivity contribution in [3.05, 3.63) is 24.5 Å². The lowest BCUT2D eigenvalue weighted by Crippen LogP contribution is -1.92. The fourth-order valence-corrected chi connectivity index (χ4v) is 0.485. The van der Waals surface area contributed by atoms with E-state index in [9.17, 15) is 4.79 Å². The Hall–Kier alpha value is -1.05. The zero-order valence-corrected chi connectivity index (χ0v) is 6.17. The summed E-state index contributed by atoms with van der Waals surface area (Å²) in [5.74, 6) is 0.724. The first kappa shape index (κ1) is 8.95. The smallest absolute Gasteiger partial charge is 0.123 e. The Bertz CT molecular complexity index is 136. The standard InChI is InChI=1S/C8H12O2/c1-3-8(4-2)10-7-5-6-9/h3-4,6H,1,5,7H2,2H3. The highest BCUT2D eigenvalue weighted by Crippen LogP contribution is 1.97. The third kappa shape index (κ3) is 3.89. The molecule has 0 saturated heterocycles. The second-order valence-corrected chi connectivity index (χ2v) is 1.70. The van der Waals surface area contributed by atoms with Gasteiger partial charge in [-0.05, 0) is 19.1 Å². The van der Waals surface area contributed by atoms with Crippen molar-refractivity contribution < 1.29 is 9.53 Å². The van der Waals surface area contributed by atoms with Gasteiger partial charge in [0.15, 0.2) is 0 Å². The van der Waals surface area contributed by atoms with Gasteiger partial charge < -0.3 is 9.53 Å². The number of ether oxygens (including phenoxy) is 1. The Kier molecular flexibility index (Phi) is 5.44. The zero-order chi connectivity index (χ0) is 7.82. The minimum atomic E-state index is 0.436. The summed E-state index contributed by atoms with van der Waals surface area (Å²) in [4.78, 5) is 9.84. The molecule has 0 rings (SSSR count). The Morgan fingerprint density at radius 3 is 2.80 bits per heavy atom. The maximum Gasteiger partial charge on any atom is 0.123 e. The maximum absolute atomic E-state index is 9.84. The maximum atomic E-state index is 9.84. The van der Waals surface area contributed by atoms with Crippen LogP contribution in [0, 0.1) is 0 Å². The number of hydrogen-bond acceptors (Lipinski definition) is 2. The lowest BCUT2D eigenvalue weighted by atomic mass is 10.4. The summed E-state index contributed by atoms with van der Waals surface area (Å²) in [6, 6.07) is 0. The average Bonchev–Trinajstić information content (AvgIpc) is 1.99. The van der Waals surface area contributed by atoms with Gasteiger partial charge in [-0.15, -0.1) is 0 Å². The second kappa shape index (κ2) is 6.08. The quantitative estimate of drug-likeness (QED) is 0.251. The number of rotatable bonds is 5. The van der Waals surface area contributed by atoms with E-state index in [-0.39, 0.29) is 0 Å². The molecule has 0 radical (unpaired) electrons. The molecule has 0 spiro atoms. The molecule has 0 bridgehead atoms. The SMILES string of the molecule is C=CC(=CC)OCCC=O. The van der Waals surface area contributed by atoms with Crippen molar-refractivity contribution in [3.8, 4) is 0 Å². The fourth-order valence-electron chi connectivity index (χ4n) is 0.485. The molecule has 0 aromatic carbocycles. The Morgan fingerprint density at radius 2 is 2.40 bits per heavy atom. The van der Waals surface area contributed by atoms with Crippen molar-refractivity contribution in [2.45, 2.75) is 13.3 Å². The molecule has 0 aliphatic heterocycles. The molecule has 0 unspecified atom stereocenters. The van der Waals surface area contributed by atoms with Crippen LogP contribution in [0.25, 0.3) is 0 Å². The van der Waals surface area contributed by atoms with E-state index in [2.05, 4.69) is 6.58 Å². The van der Waals surface area contributed by atoms with Crippen LogP contribution < -0.4 is 0 Å². The summed E-state index contributed by atoms with van der Waals surface area (Å²) >= 11 is 0. The van der Waals surface area contributed by atoms with Crippen molar-refractivity contribution >= 4 is 6.29 Å². The molecule has 0 amide bonds. The van der Waals surface area contributed by atoms with Gasteiger partial charge in [-0.2, -0.15) is 0 Å². The Morgan fingerprint density at radius 1 is 1.70 bits per heavy atom. The first-order valence-corrected chi connectivity index (χ1v) is 3.20. The highest BCUT2D eigenvalue weighted by atomic mass is 16.5. The summed E-state index contributed by atoms with van der Waals surface area (Å²) in [6.07, 6.45) is 4.68. The molecule has 10 heavy (non-hydrogen) atoms. The summed E-state index contributed by atoms with van der Waals surface area (Å²) in [6.45, 7) is 5.83. The fraction of sp³-hybridized carbons (Fsp3) is 0.375.